The quantitative estimate of drug-likeness (QED) is 0.505. The fraction of sp³-hybridized carbons (Fsp3) is 0.611. The summed E-state index contributed by atoms with van der Waals surface area (Å²) in [6.45, 7) is 3.97. The SMILES string of the molecule is CC(C)(C)OC(=O)C(O)(CCc1ccccc1)CC(F)(F)C(F)(F)C(F)(F)F. The Hall–Kier alpha value is -1.84. The zero-order valence-corrected chi connectivity index (χ0v) is 15.4. The van der Waals surface area contributed by atoms with E-state index < -0.39 is 48.0 Å². The molecule has 160 valence electrons. The Labute approximate surface area is 157 Å². The monoisotopic (exact) mass is 418 g/mol. The molecule has 0 fully saturated rings. The molecule has 3 nitrogen and oxygen atoms in total. The van der Waals surface area contributed by atoms with Gasteiger partial charge < -0.3 is 9.84 Å². The standard InChI is InChI=1S/C18H21F7O3/c1-14(2,3)28-13(26)15(27,10-9-12-7-5-4-6-8-12)11-16(19,20)17(21,22)18(23,24)25/h4-8,27H,9-11H2,1-3H3. The second-order valence-electron chi connectivity index (χ2n) is 7.47. The van der Waals surface area contributed by atoms with Gasteiger partial charge in [-0.25, -0.2) is 4.79 Å². The molecule has 0 bridgehead atoms. The molecule has 1 atom stereocenters. The van der Waals surface area contributed by atoms with E-state index in [1.165, 1.54) is 32.9 Å². The van der Waals surface area contributed by atoms with E-state index in [1.807, 2.05) is 0 Å². The molecule has 0 radical (unpaired) electrons. The molecule has 0 aromatic heterocycles. The van der Waals surface area contributed by atoms with Crippen molar-refractivity contribution < 1.29 is 45.4 Å². The first-order valence-electron chi connectivity index (χ1n) is 8.23. The van der Waals surface area contributed by atoms with Gasteiger partial charge in [-0.3, -0.25) is 0 Å². The molecule has 0 aliphatic rings. The van der Waals surface area contributed by atoms with Crippen LogP contribution in [0.25, 0.3) is 0 Å². The smallest absolute Gasteiger partial charge is 0.458 e. The van der Waals surface area contributed by atoms with E-state index in [2.05, 4.69) is 0 Å². The maximum atomic E-state index is 13.9. The average molecular weight is 418 g/mol. The molecule has 0 heterocycles. The third kappa shape index (κ3) is 5.83. The van der Waals surface area contributed by atoms with Crippen molar-refractivity contribution in [2.75, 3.05) is 0 Å². The zero-order valence-electron chi connectivity index (χ0n) is 15.4. The van der Waals surface area contributed by atoms with E-state index in [1.54, 1.807) is 18.2 Å². The number of hydrogen-bond acceptors (Lipinski definition) is 3. The largest absolute Gasteiger partial charge is 0.459 e. The number of halogens is 7. The first kappa shape index (κ1) is 24.2. The summed E-state index contributed by atoms with van der Waals surface area (Å²) in [5, 5.41) is 10.4. The van der Waals surface area contributed by atoms with Crippen molar-refractivity contribution in [2.45, 2.75) is 69.3 Å². The third-order valence-electron chi connectivity index (χ3n) is 3.78. The van der Waals surface area contributed by atoms with Gasteiger partial charge in [0.25, 0.3) is 0 Å². The second-order valence-corrected chi connectivity index (χ2v) is 7.47. The molecule has 1 aromatic carbocycles. The van der Waals surface area contributed by atoms with E-state index in [9.17, 15) is 40.6 Å². The molecular formula is C18H21F7O3. The third-order valence-corrected chi connectivity index (χ3v) is 3.78. The maximum absolute atomic E-state index is 13.9. The van der Waals surface area contributed by atoms with E-state index in [0.29, 0.717) is 5.56 Å². The molecule has 1 aromatic rings. The predicted molar refractivity (Wildman–Crippen MR) is 86.1 cm³/mol. The number of rotatable bonds is 7. The summed E-state index contributed by atoms with van der Waals surface area (Å²) in [5.74, 6) is -13.9. The predicted octanol–water partition coefficient (Wildman–Crippen LogP) is 4.92. The number of esters is 1. The molecule has 0 spiro atoms. The van der Waals surface area contributed by atoms with Gasteiger partial charge in [0.1, 0.15) is 5.60 Å². The number of hydrogen-bond donors (Lipinski definition) is 1. The molecule has 28 heavy (non-hydrogen) atoms. The lowest BCUT2D eigenvalue weighted by molar-refractivity contribution is -0.361. The van der Waals surface area contributed by atoms with Gasteiger partial charge in [0, 0.05) is 0 Å². The topological polar surface area (TPSA) is 46.5 Å². The Balaban J connectivity index is 3.20. The Morgan fingerprint density at radius 1 is 0.964 bits per heavy atom. The summed E-state index contributed by atoms with van der Waals surface area (Å²) in [5.41, 5.74) is -4.10. The van der Waals surface area contributed by atoms with E-state index >= 15 is 0 Å². The molecule has 1 unspecified atom stereocenters. The summed E-state index contributed by atoms with van der Waals surface area (Å²) >= 11 is 0. The summed E-state index contributed by atoms with van der Waals surface area (Å²) in [6, 6.07) is 7.78. The number of aliphatic hydroxyl groups is 1. The molecular weight excluding hydrogens is 397 g/mol. The van der Waals surface area contributed by atoms with Gasteiger partial charge in [-0.1, -0.05) is 30.3 Å². The van der Waals surface area contributed by atoms with Crippen LogP contribution in [-0.2, 0) is 16.0 Å². The van der Waals surface area contributed by atoms with Crippen molar-refractivity contribution in [2.24, 2.45) is 0 Å². The number of carbonyl (C=O) groups excluding carboxylic acids is 1. The molecule has 0 saturated carbocycles. The molecule has 0 aliphatic carbocycles. The molecule has 1 N–H and O–H groups in total. The van der Waals surface area contributed by atoms with Crippen LogP contribution in [0.1, 0.15) is 39.2 Å². The minimum absolute atomic E-state index is 0.232. The van der Waals surface area contributed by atoms with E-state index in [4.69, 9.17) is 4.74 Å². The van der Waals surface area contributed by atoms with Gasteiger partial charge in [0.15, 0.2) is 5.60 Å². The fourth-order valence-corrected chi connectivity index (χ4v) is 2.32. The van der Waals surface area contributed by atoms with E-state index in [-0.39, 0.29) is 6.42 Å². The lowest BCUT2D eigenvalue weighted by atomic mass is 9.86. The highest BCUT2D eigenvalue weighted by atomic mass is 19.4. The highest BCUT2D eigenvalue weighted by Crippen LogP contribution is 2.50. The van der Waals surface area contributed by atoms with Crippen LogP contribution < -0.4 is 0 Å². The molecule has 10 heteroatoms. The van der Waals surface area contributed by atoms with Gasteiger partial charge >= 0.3 is 24.0 Å². The van der Waals surface area contributed by atoms with Gasteiger partial charge in [-0.05, 0) is 39.2 Å². The lowest BCUT2D eigenvalue weighted by Crippen LogP contribution is -2.57. The minimum Gasteiger partial charge on any atom is -0.458 e. The summed E-state index contributed by atoms with van der Waals surface area (Å²) < 4.78 is 96.3. The Morgan fingerprint density at radius 2 is 1.46 bits per heavy atom. The van der Waals surface area contributed by atoms with Crippen LogP contribution in [-0.4, -0.2) is 40.3 Å². The Kier molecular flexibility index (Phi) is 6.81. The lowest BCUT2D eigenvalue weighted by Gasteiger charge is -2.35. The van der Waals surface area contributed by atoms with Crippen LogP contribution >= 0.6 is 0 Å². The number of aryl methyl sites for hydroxylation is 1. The Morgan fingerprint density at radius 3 is 1.89 bits per heavy atom. The van der Waals surface area contributed by atoms with Crippen molar-refractivity contribution in [1.82, 2.24) is 0 Å². The number of benzene rings is 1. The van der Waals surface area contributed by atoms with Crippen molar-refractivity contribution in [3.63, 3.8) is 0 Å². The average Bonchev–Trinajstić information content (AvgIpc) is 2.50. The molecule has 0 amide bonds. The van der Waals surface area contributed by atoms with Crippen LogP contribution in [0.3, 0.4) is 0 Å². The number of carbonyl (C=O) groups is 1. The van der Waals surface area contributed by atoms with Gasteiger partial charge in [0.05, 0.1) is 6.42 Å². The van der Waals surface area contributed by atoms with Crippen LogP contribution in [0.2, 0.25) is 0 Å². The van der Waals surface area contributed by atoms with Gasteiger partial charge in [0.2, 0.25) is 0 Å². The van der Waals surface area contributed by atoms with Crippen molar-refractivity contribution in [1.29, 1.82) is 0 Å². The molecule has 0 aliphatic heterocycles. The van der Waals surface area contributed by atoms with Crippen molar-refractivity contribution >= 4 is 5.97 Å². The van der Waals surface area contributed by atoms with Crippen LogP contribution in [0, 0.1) is 0 Å². The van der Waals surface area contributed by atoms with Crippen LogP contribution in [0.4, 0.5) is 30.7 Å². The Bertz CT molecular complexity index is 666. The normalized spacial score (nSPS) is 15.8. The summed E-state index contributed by atoms with van der Waals surface area (Å²) in [6.07, 6.45) is -10.1. The van der Waals surface area contributed by atoms with Gasteiger partial charge in [-0.15, -0.1) is 0 Å². The van der Waals surface area contributed by atoms with Crippen molar-refractivity contribution in [3.05, 3.63) is 35.9 Å². The summed E-state index contributed by atoms with van der Waals surface area (Å²) in [4.78, 5) is 12.2. The number of alkyl halides is 7. The van der Waals surface area contributed by atoms with Crippen LogP contribution in [0.15, 0.2) is 30.3 Å². The van der Waals surface area contributed by atoms with E-state index in [0.717, 1.165) is 0 Å². The zero-order chi connectivity index (χ0) is 22.0. The second kappa shape index (κ2) is 7.88. The highest BCUT2D eigenvalue weighted by Gasteiger charge is 2.74. The highest BCUT2D eigenvalue weighted by molar-refractivity contribution is 5.79. The van der Waals surface area contributed by atoms with Gasteiger partial charge in [-0.2, -0.15) is 30.7 Å². The fourth-order valence-electron chi connectivity index (χ4n) is 2.32. The first-order valence-corrected chi connectivity index (χ1v) is 8.23. The van der Waals surface area contributed by atoms with Crippen LogP contribution in [0.5, 0.6) is 0 Å². The minimum atomic E-state index is -6.56. The maximum Gasteiger partial charge on any atom is 0.459 e. The summed E-state index contributed by atoms with van der Waals surface area (Å²) in [7, 11) is 0. The van der Waals surface area contributed by atoms with Crippen molar-refractivity contribution in [3.8, 4) is 0 Å². The molecule has 0 saturated heterocycles. The molecule has 1 rings (SSSR count). The first-order chi connectivity index (χ1) is 12.4. The number of ether oxygens (including phenoxy) is 1.